The number of benzene rings is 2. The summed E-state index contributed by atoms with van der Waals surface area (Å²) < 4.78 is 0. The number of carbonyl (C=O) groups excluding carboxylic acids is 1. The largest absolute Gasteiger partial charge is 0.322 e. The maximum atomic E-state index is 12.4. The maximum Gasteiger partial charge on any atom is 0.257 e. The number of nitrogens with one attached hydrogen (secondary N) is 2. The number of amides is 1. The van der Waals surface area contributed by atoms with Crippen LogP contribution < -0.4 is 10.2 Å². The van der Waals surface area contributed by atoms with Crippen molar-refractivity contribution >= 4 is 58.2 Å². The van der Waals surface area contributed by atoms with Crippen molar-refractivity contribution < 1.29 is 4.79 Å². The van der Waals surface area contributed by atoms with Gasteiger partial charge in [0.25, 0.3) is 5.91 Å². The van der Waals surface area contributed by atoms with Gasteiger partial charge in [-0.2, -0.15) is 5.10 Å². The Morgan fingerprint density at radius 1 is 1.03 bits per heavy atom. The molecule has 0 unspecified atom stereocenters. The van der Waals surface area contributed by atoms with E-state index in [0.717, 1.165) is 16.4 Å². The van der Waals surface area contributed by atoms with Gasteiger partial charge in [0.2, 0.25) is 0 Å². The average Bonchev–Trinajstić information content (AvgIpc) is 3.20. The molecular formula is C22H18Cl2N6OS. The van der Waals surface area contributed by atoms with Crippen molar-refractivity contribution in [3.63, 3.8) is 0 Å². The molecule has 2 N–H and O–H groups in total. The Kier molecular flexibility index (Phi) is 6.64. The van der Waals surface area contributed by atoms with Crippen molar-refractivity contribution in [1.82, 2.24) is 20.2 Å². The van der Waals surface area contributed by atoms with E-state index < -0.39 is 0 Å². The molecule has 32 heavy (non-hydrogen) atoms. The summed E-state index contributed by atoms with van der Waals surface area (Å²) >= 11 is 13.7. The molecule has 0 aliphatic carbocycles. The lowest BCUT2D eigenvalue weighted by Gasteiger charge is -2.15. The lowest BCUT2D eigenvalue weighted by molar-refractivity contribution is 0.102. The summed E-state index contributed by atoms with van der Waals surface area (Å²) in [5, 5.41) is 11.2. The summed E-state index contributed by atoms with van der Waals surface area (Å²) in [4.78, 5) is 24.0. The third kappa shape index (κ3) is 5.21. The number of anilines is 3. The zero-order chi connectivity index (χ0) is 22.7. The first-order chi connectivity index (χ1) is 15.4. The predicted octanol–water partition coefficient (Wildman–Crippen LogP) is 5.99. The van der Waals surface area contributed by atoms with Gasteiger partial charge in [-0.15, -0.1) is 0 Å². The van der Waals surface area contributed by atoms with Crippen LogP contribution in [0.3, 0.4) is 0 Å². The molecule has 0 bridgehead atoms. The highest BCUT2D eigenvalue weighted by molar-refractivity contribution is 7.99. The van der Waals surface area contributed by atoms with Gasteiger partial charge in [-0.25, -0.2) is 9.97 Å². The lowest BCUT2D eigenvalue weighted by atomic mass is 10.2. The van der Waals surface area contributed by atoms with Crippen molar-refractivity contribution in [3.05, 3.63) is 82.1 Å². The van der Waals surface area contributed by atoms with Crippen molar-refractivity contribution in [1.29, 1.82) is 0 Å². The predicted molar refractivity (Wildman–Crippen MR) is 128 cm³/mol. The normalized spacial score (nSPS) is 10.8. The van der Waals surface area contributed by atoms with Gasteiger partial charge >= 0.3 is 0 Å². The van der Waals surface area contributed by atoms with E-state index in [-0.39, 0.29) is 5.91 Å². The Hall–Kier alpha value is -3.07. The summed E-state index contributed by atoms with van der Waals surface area (Å²) in [5.74, 6) is 1.09. The fraction of sp³-hybridized carbons (Fsp3) is 0.0909. The number of aryl methyl sites for hydroxylation is 1. The van der Waals surface area contributed by atoms with Crippen molar-refractivity contribution in [2.24, 2.45) is 0 Å². The summed E-state index contributed by atoms with van der Waals surface area (Å²) in [6, 6.07) is 17.9. The molecule has 162 valence electrons. The van der Waals surface area contributed by atoms with E-state index in [1.54, 1.807) is 42.5 Å². The number of rotatable bonds is 6. The Morgan fingerprint density at radius 3 is 2.47 bits per heavy atom. The molecule has 1 amide bonds. The fourth-order valence-electron chi connectivity index (χ4n) is 2.85. The molecule has 2 aromatic heterocycles. The maximum absolute atomic E-state index is 12.4. The van der Waals surface area contributed by atoms with E-state index >= 15 is 0 Å². The van der Waals surface area contributed by atoms with Gasteiger partial charge in [0, 0.05) is 35.5 Å². The number of hydrogen-bond acceptors (Lipinski definition) is 6. The van der Waals surface area contributed by atoms with Crippen molar-refractivity contribution in [2.45, 2.75) is 17.0 Å². The number of hydrogen-bond donors (Lipinski definition) is 2. The second-order valence-corrected chi connectivity index (χ2v) is 8.70. The summed E-state index contributed by atoms with van der Waals surface area (Å²) in [7, 11) is 1.86. The molecule has 0 spiro atoms. The van der Waals surface area contributed by atoms with Gasteiger partial charge in [-0.3, -0.25) is 9.89 Å². The Morgan fingerprint density at radius 2 is 1.78 bits per heavy atom. The Labute approximate surface area is 199 Å². The molecule has 0 atom stereocenters. The molecule has 0 radical (unpaired) electrons. The van der Waals surface area contributed by atoms with Crippen LogP contribution >= 0.6 is 35.0 Å². The fourth-order valence-corrected chi connectivity index (χ4v) is 4.07. The number of carbonyl (C=O) groups is 1. The molecule has 4 rings (SSSR count). The molecular weight excluding hydrogens is 467 g/mol. The molecule has 4 aromatic rings. The smallest absolute Gasteiger partial charge is 0.257 e. The van der Waals surface area contributed by atoms with E-state index in [1.807, 2.05) is 37.1 Å². The third-order valence-corrected chi connectivity index (χ3v) is 5.88. The first kappa shape index (κ1) is 22.1. The van der Waals surface area contributed by atoms with Crippen molar-refractivity contribution in [2.75, 3.05) is 17.3 Å². The number of nitrogens with zero attached hydrogens (tertiary/aromatic N) is 4. The molecule has 0 aliphatic heterocycles. The molecule has 0 saturated carbocycles. The minimum absolute atomic E-state index is 0.268. The Bertz CT molecular complexity index is 1260. The second kappa shape index (κ2) is 9.60. The lowest BCUT2D eigenvalue weighted by Crippen LogP contribution is -2.12. The molecule has 2 heterocycles. The highest BCUT2D eigenvalue weighted by Gasteiger charge is 2.13. The van der Waals surface area contributed by atoms with E-state index in [9.17, 15) is 4.79 Å². The number of H-pyrrole nitrogens is 1. The zero-order valence-corrected chi connectivity index (χ0v) is 19.5. The van der Waals surface area contributed by atoms with Crippen LogP contribution in [0.2, 0.25) is 10.2 Å². The molecule has 7 nitrogen and oxygen atoms in total. The van der Waals surface area contributed by atoms with Crippen LogP contribution in [0.1, 0.15) is 16.1 Å². The van der Waals surface area contributed by atoms with Gasteiger partial charge in [0.05, 0.1) is 10.6 Å². The standard InChI is InChI=1S/C22H18Cl2N6OS/c1-13-11-20(29-28-13)30(2)19-12-18(24)26-22(27-19)32-15-9-7-14(8-10-15)25-21(31)16-5-3-4-6-17(16)23/h3-12H,1-2H3,(H,25,31)(H,28,29). The van der Waals surface area contributed by atoms with E-state index in [2.05, 4.69) is 25.5 Å². The van der Waals surface area contributed by atoms with Gasteiger partial charge in [-0.1, -0.05) is 35.3 Å². The van der Waals surface area contributed by atoms with E-state index in [0.29, 0.717) is 32.4 Å². The summed E-state index contributed by atoms with van der Waals surface area (Å²) in [6.07, 6.45) is 0. The highest BCUT2D eigenvalue weighted by atomic mass is 35.5. The van der Waals surface area contributed by atoms with Crippen LogP contribution in [0.4, 0.5) is 17.3 Å². The Balaban J connectivity index is 1.47. The van der Waals surface area contributed by atoms with Crippen LogP contribution in [-0.4, -0.2) is 33.1 Å². The topological polar surface area (TPSA) is 86.8 Å². The average molecular weight is 485 g/mol. The van der Waals surface area contributed by atoms with Gasteiger partial charge in [0.15, 0.2) is 11.0 Å². The number of halogens is 2. The van der Waals surface area contributed by atoms with Crippen LogP contribution in [0, 0.1) is 6.92 Å². The molecule has 0 aliphatic rings. The first-order valence-corrected chi connectivity index (χ1v) is 11.1. The van der Waals surface area contributed by atoms with E-state index in [4.69, 9.17) is 23.2 Å². The van der Waals surface area contributed by atoms with E-state index in [1.165, 1.54) is 11.8 Å². The van der Waals surface area contributed by atoms with Gasteiger partial charge in [0.1, 0.15) is 11.0 Å². The van der Waals surface area contributed by atoms with Crippen LogP contribution in [-0.2, 0) is 0 Å². The van der Waals surface area contributed by atoms with Gasteiger partial charge < -0.3 is 10.2 Å². The number of aromatic nitrogens is 4. The molecule has 2 aromatic carbocycles. The quantitative estimate of drug-likeness (QED) is 0.258. The van der Waals surface area contributed by atoms with Crippen LogP contribution in [0.5, 0.6) is 0 Å². The summed E-state index contributed by atoms with van der Waals surface area (Å²) in [6.45, 7) is 1.93. The van der Waals surface area contributed by atoms with Crippen LogP contribution in [0.25, 0.3) is 0 Å². The minimum atomic E-state index is -0.268. The monoisotopic (exact) mass is 484 g/mol. The first-order valence-electron chi connectivity index (χ1n) is 9.53. The molecule has 10 heteroatoms. The summed E-state index contributed by atoms with van der Waals surface area (Å²) in [5.41, 5.74) is 2.02. The number of aromatic amines is 1. The third-order valence-electron chi connectivity index (χ3n) is 4.48. The van der Waals surface area contributed by atoms with Crippen molar-refractivity contribution in [3.8, 4) is 0 Å². The zero-order valence-electron chi connectivity index (χ0n) is 17.1. The highest BCUT2D eigenvalue weighted by Crippen LogP contribution is 2.30. The second-order valence-electron chi connectivity index (χ2n) is 6.86. The minimum Gasteiger partial charge on any atom is -0.322 e. The molecule has 0 saturated heterocycles. The van der Waals surface area contributed by atoms with Crippen LogP contribution in [0.15, 0.2) is 70.7 Å². The SMILES string of the molecule is Cc1cc(N(C)c2cc(Cl)nc(Sc3ccc(NC(=O)c4ccccc4Cl)cc3)n2)n[nH]1. The van der Waals surface area contributed by atoms with Gasteiger partial charge in [-0.05, 0) is 55.1 Å². The molecule has 0 fully saturated rings.